The Morgan fingerprint density at radius 1 is 0.900 bits per heavy atom. The molecule has 2 aliphatic rings. The zero-order valence-electron chi connectivity index (χ0n) is 35.1. The highest BCUT2D eigenvalue weighted by Crippen LogP contribution is 2.35. The molecule has 0 saturated carbocycles. The van der Waals surface area contributed by atoms with Gasteiger partial charge in [0.1, 0.15) is 17.8 Å². The molecule has 4 heterocycles. The second kappa shape index (κ2) is 18.2. The number of piperazine rings is 1. The Bertz CT molecular complexity index is 2300. The molecule has 7 rings (SSSR count). The lowest BCUT2D eigenvalue weighted by Gasteiger charge is -2.38. The van der Waals surface area contributed by atoms with Gasteiger partial charge in [-0.05, 0) is 79.1 Å². The highest BCUT2D eigenvalue weighted by molar-refractivity contribution is 7.13. The third kappa shape index (κ3) is 9.45. The molecule has 3 unspecified atom stereocenters. The van der Waals surface area contributed by atoms with Gasteiger partial charge < -0.3 is 30.3 Å². The van der Waals surface area contributed by atoms with Crippen molar-refractivity contribution >= 4 is 34.7 Å². The number of phenols is 1. The smallest absolute Gasteiger partial charge is 0.246 e. The number of rotatable bonds is 12. The third-order valence-electron chi connectivity index (χ3n) is 11.5. The summed E-state index contributed by atoms with van der Waals surface area (Å²) in [6.45, 7) is 13.2. The van der Waals surface area contributed by atoms with Crippen LogP contribution in [0, 0.1) is 12.3 Å². The van der Waals surface area contributed by atoms with Crippen molar-refractivity contribution in [2.75, 3.05) is 51.3 Å². The quantitative estimate of drug-likeness (QED) is 0.127. The topological polar surface area (TPSA) is 153 Å². The molecule has 3 atom stereocenters. The van der Waals surface area contributed by atoms with Crippen LogP contribution in [0.15, 0.2) is 84.4 Å². The maximum absolute atomic E-state index is 14.2. The molecule has 3 N–H and O–H groups in total. The molecular formula is C46H54N8O5S. The minimum Gasteiger partial charge on any atom is -0.507 e. The Labute approximate surface area is 355 Å². The zero-order chi connectivity index (χ0) is 42.6. The van der Waals surface area contributed by atoms with Crippen molar-refractivity contribution in [2.45, 2.75) is 65.6 Å². The first-order chi connectivity index (χ1) is 28.8. The molecule has 3 amide bonds. The second-order valence-corrected chi connectivity index (χ2v) is 17.5. The number of nitrogens with one attached hydrogen (secondary N) is 2. The number of ether oxygens (including phenoxy) is 1. The van der Waals surface area contributed by atoms with E-state index in [0.29, 0.717) is 49.6 Å². The number of aryl methyl sites for hydroxylation is 1. The summed E-state index contributed by atoms with van der Waals surface area (Å²) in [4.78, 5) is 53.0. The van der Waals surface area contributed by atoms with Crippen molar-refractivity contribution in [3.63, 3.8) is 0 Å². The molecule has 5 aromatic rings. The number of benzene rings is 3. The molecule has 2 aromatic heterocycles. The minimum atomic E-state index is -0.790. The molecule has 14 heteroatoms. The Morgan fingerprint density at radius 3 is 2.25 bits per heavy atom. The summed E-state index contributed by atoms with van der Waals surface area (Å²) in [7, 11) is 1.56. The normalized spacial score (nSPS) is 16.9. The van der Waals surface area contributed by atoms with Gasteiger partial charge in [0.2, 0.25) is 23.6 Å². The van der Waals surface area contributed by atoms with Crippen molar-refractivity contribution in [3.8, 4) is 44.5 Å². The number of aromatic nitrogens is 3. The second-order valence-electron chi connectivity index (χ2n) is 16.7. The van der Waals surface area contributed by atoms with Gasteiger partial charge in [0.15, 0.2) is 0 Å². The van der Waals surface area contributed by atoms with Crippen molar-refractivity contribution in [2.24, 2.45) is 5.41 Å². The van der Waals surface area contributed by atoms with E-state index >= 15 is 0 Å². The molecule has 0 radical (unpaired) electrons. The number of likely N-dealkylation sites (tertiary alicyclic amines) is 1. The molecule has 2 aliphatic heterocycles. The molecule has 3 aromatic carbocycles. The maximum atomic E-state index is 14.2. The number of hydrogen-bond acceptors (Lipinski definition) is 11. The number of hydrogen-bond donors (Lipinski definition) is 3. The SMILES string of the molecule is COc1nnc(-c2ccccc2O)cc1-c1ccc(N2CCN(CC(=O)NC(C(=O)N3CCCC3C(=O)NC(C)c3ccc(-c4scnc4C)cc3)C(C)(C)C)CC2)cc1. The number of methoxy groups -OCH3 is 1. The molecular weight excluding hydrogens is 777 g/mol. The van der Waals surface area contributed by atoms with Gasteiger partial charge >= 0.3 is 0 Å². The monoisotopic (exact) mass is 830 g/mol. The highest BCUT2D eigenvalue weighted by Gasteiger charge is 2.42. The number of thiazole rings is 1. The van der Waals surface area contributed by atoms with Crippen LogP contribution in [0.4, 0.5) is 5.69 Å². The maximum Gasteiger partial charge on any atom is 0.246 e. The van der Waals surface area contributed by atoms with Crippen LogP contribution in [-0.4, -0.2) is 106 Å². The third-order valence-corrected chi connectivity index (χ3v) is 12.4. The number of phenolic OH excluding ortho intramolecular Hbond substituents is 1. The number of amides is 3. The van der Waals surface area contributed by atoms with E-state index < -0.39 is 17.5 Å². The highest BCUT2D eigenvalue weighted by atomic mass is 32.1. The fraction of sp³-hybridized carbons (Fsp3) is 0.391. The number of aromatic hydroxyl groups is 1. The van der Waals surface area contributed by atoms with Gasteiger partial charge in [-0.1, -0.05) is 69.3 Å². The fourth-order valence-electron chi connectivity index (χ4n) is 8.00. The van der Waals surface area contributed by atoms with Gasteiger partial charge in [-0.25, -0.2) is 4.98 Å². The van der Waals surface area contributed by atoms with Crippen LogP contribution in [0.2, 0.25) is 0 Å². The predicted octanol–water partition coefficient (Wildman–Crippen LogP) is 6.48. The van der Waals surface area contributed by atoms with Crippen molar-refractivity contribution in [3.05, 3.63) is 95.6 Å². The molecule has 2 saturated heterocycles. The summed E-state index contributed by atoms with van der Waals surface area (Å²) < 4.78 is 5.52. The van der Waals surface area contributed by atoms with Gasteiger partial charge in [-0.3, -0.25) is 19.3 Å². The largest absolute Gasteiger partial charge is 0.507 e. The van der Waals surface area contributed by atoms with Crippen molar-refractivity contribution in [1.82, 2.24) is 35.6 Å². The van der Waals surface area contributed by atoms with E-state index in [-0.39, 0.29) is 36.1 Å². The fourth-order valence-corrected chi connectivity index (χ4v) is 8.81. The van der Waals surface area contributed by atoms with E-state index in [4.69, 9.17) is 4.74 Å². The molecule has 0 aliphatic carbocycles. The predicted molar refractivity (Wildman–Crippen MR) is 235 cm³/mol. The van der Waals surface area contributed by atoms with E-state index in [0.717, 1.165) is 51.6 Å². The molecule has 0 spiro atoms. The first-order valence-electron chi connectivity index (χ1n) is 20.5. The Morgan fingerprint density at radius 2 is 1.60 bits per heavy atom. The summed E-state index contributed by atoms with van der Waals surface area (Å²) in [6.07, 6.45) is 1.29. The number of carbonyl (C=O) groups is 3. The van der Waals surface area contributed by atoms with Crippen molar-refractivity contribution < 1.29 is 24.2 Å². The Balaban J connectivity index is 0.925. The molecule has 13 nitrogen and oxygen atoms in total. The number of nitrogens with zero attached hydrogens (tertiary/aromatic N) is 6. The van der Waals surface area contributed by atoms with Crippen LogP contribution in [-0.2, 0) is 14.4 Å². The molecule has 0 bridgehead atoms. The van der Waals surface area contributed by atoms with E-state index in [1.54, 1.807) is 41.5 Å². The summed E-state index contributed by atoms with van der Waals surface area (Å²) >= 11 is 1.60. The van der Waals surface area contributed by atoms with Crippen LogP contribution in [0.1, 0.15) is 57.8 Å². The van der Waals surface area contributed by atoms with Crippen LogP contribution < -0.4 is 20.3 Å². The van der Waals surface area contributed by atoms with Gasteiger partial charge in [-0.2, -0.15) is 0 Å². The van der Waals surface area contributed by atoms with Crippen LogP contribution in [0.5, 0.6) is 11.6 Å². The van der Waals surface area contributed by atoms with Gasteiger partial charge in [0.05, 0.1) is 41.5 Å². The summed E-state index contributed by atoms with van der Waals surface area (Å²) in [5, 5.41) is 25.1. The van der Waals surface area contributed by atoms with Crippen LogP contribution >= 0.6 is 11.3 Å². The lowest BCUT2D eigenvalue weighted by molar-refractivity contribution is -0.144. The van der Waals surface area contributed by atoms with Crippen LogP contribution in [0.3, 0.4) is 0 Å². The minimum absolute atomic E-state index is 0.126. The van der Waals surface area contributed by atoms with Gasteiger partial charge in [-0.15, -0.1) is 21.5 Å². The van der Waals surface area contributed by atoms with Crippen LogP contribution in [0.25, 0.3) is 32.8 Å². The summed E-state index contributed by atoms with van der Waals surface area (Å²) in [5.41, 5.74) is 8.18. The van der Waals surface area contributed by atoms with E-state index in [2.05, 4.69) is 59.9 Å². The number of anilines is 1. The number of para-hydroxylation sites is 1. The summed E-state index contributed by atoms with van der Waals surface area (Å²) in [6, 6.07) is 23.6. The lowest BCUT2D eigenvalue weighted by atomic mass is 9.85. The standard InChI is InChI=1S/C46H54N8O5S/c1-29(31-13-15-33(16-14-31)41-30(2)47-28-60-41)48-43(57)38-11-9-21-54(38)45(58)42(46(3,4)5)49-40(56)27-52-22-24-53(25-23-52)34-19-17-32(18-20-34)36-26-37(50-51-44(36)59-6)35-10-7-8-12-39(35)55/h7-8,10,12-20,26,28-29,38,42,55H,9,11,21-25,27H2,1-6H3,(H,48,57)(H,49,56). The first-order valence-corrected chi connectivity index (χ1v) is 21.4. The van der Waals surface area contributed by atoms with E-state index in [1.165, 1.54) is 0 Å². The van der Waals surface area contributed by atoms with Gasteiger partial charge in [0.25, 0.3) is 0 Å². The average Bonchev–Trinajstić information content (AvgIpc) is 3.92. The summed E-state index contributed by atoms with van der Waals surface area (Å²) in [5.74, 6) is -0.111. The van der Waals surface area contributed by atoms with E-state index in [1.807, 2.05) is 76.5 Å². The number of carbonyl (C=O) groups excluding carboxylic acids is 3. The first kappa shape index (κ1) is 42.3. The molecule has 60 heavy (non-hydrogen) atoms. The molecule has 314 valence electrons. The van der Waals surface area contributed by atoms with E-state index in [9.17, 15) is 19.5 Å². The average molecular weight is 831 g/mol. The van der Waals surface area contributed by atoms with Gasteiger partial charge in [0, 0.05) is 49.5 Å². The Kier molecular flexibility index (Phi) is 12.8. The molecule has 2 fully saturated rings. The zero-order valence-corrected chi connectivity index (χ0v) is 36.0. The Hall–Kier alpha value is -5.86. The lowest BCUT2D eigenvalue weighted by Crippen LogP contribution is -2.59. The van der Waals surface area contributed by atoms with Crippen molar-refractivity contribution in [1.29, 1.82) is 0 Å².